The predicted octanol–water partition coefficient (Wildman–Crippen LogP) is 27.2. The molecule has 17 nitrogen and oxygen atoms in total. The van der Waals surface area contributed by atoms with Gasteiger partial charge in [0.1, 0.15) is 19.3 Å². The fourth-order valence-electron chi connectivity index (χ4n) is 13.8. The van der Waals surface area contributed by atoms with Crippen LogP contribution in [0.1, 0.15) is 478 Å². The minimum absolute atomic E-state index is 0.108. The van der Waals surface area contributed by atoms with Crippen molar-refractivity contribution in [3.63, 3.8) is 0 Å². The van der Waals surface area contributed by atoms with Gasteiger partial charge in [0.25, 0.3) is 0 Å². The van der Waals surface area contributed by atoms with Crippen LogP contribution in [0, 0.1) is 5.92 Å². The van der Waals surface area contributed by atoms with Crippen LogP contribution in [0.15, 0.2) is 0 Å². The van der Waals surface area contributed by atoms with Gasteiger partial charge >= 0.3 is 39.5 Å². The minimum Gasteiger partial charge on any atom is -0.462 e. The Morgan fingerprint density at radius 2 is 0.430 bits per heavy atom. The molecule has 0 aromatic heterocycles. The van der Waals surface area contributed by atoms with E-state index in [0.717, 1.165) is 95.8 Å². The molecule has 0 spiro atoms. The lowest BCUT2D eigenvalue weighted by molar-refractivity contribution is -0.161. The molecule has 0 rings (SSSR count). The van der Waals surface area contributed by atoms with Crippen LogP contribution in [0.2, 0.25) is 0 Å². The van der Waals surface area contributed by atoms with E-state index in [1.807, 2.05) is 0 Å². The van der Waals surface area contributed by atoms with Crippen molar-refractivity contribution in [2.75, 3.05) is 39.6 Å². The largest absolute Gasteiger partial charge is 0.472 e. The molecule has 0 aromatic carbocycles. The fraction of sp³-hybridized carbons (Fsp3) is 0.955. The van der Waals surface area contributed by atoms with Crippen molar-refractivity contribution in [2.24, 2.45) is 5.92 Å². The smallest absolute Gasteiger partial charge is 0.462 e. The van der Waals surface area contributed by atoms with Gasteiger partial charge in [0.2, 0.25) is 0 Å². The van der Waals surface area contributed by atoms with E-state index >= 15 is 0 Å². The van der Waals surface area contributed by atoms with Crippen LogP contribution in [0.4, 0.5) is 0 Å². The summed E-state index contributed by atoms with van der Waals surface area (Å²) in [4.78, 5) is 73.3. The summed E-state index contributed by atoms with van der Waals surface area (Å²) in [7, 11) is -9.93. The molecule has 0 saturated heterocycles. The molecule has 0 aliphatic heterocycles. The molecular weight excluding hydrogens is 1390 g/mol. The number of esters is 4. The summed E-state index contributed by atoms with van der Waals surface area (Å²) < 4.78 is 69.0. The highest BCUT2D eigenvalue weighted by molar-refractivity contribution is 7.47. The fourth-order valence-corrected chi connectivity index (χ4v) is 15.4. The quantitative estimate of drug-likeness (QED) is 0.0222. The Hall–Kier alpha value is -1.94. The van der Waals surface area contributed by atoms with Crippen molar-refractivity contribution in [3.05, 3.63) is 0 Å². The molecule has 0 aromatic rings. The van der Waals surface area contributed by atoms with Crippen molar-refractivity contribution in [1.29, 1.82) is 0 Å². The number of phosphoric ester groups is 2. The van der Waals surface area contributed by atoms with E-state index in [9.17, 15) is 43.2 Å². The number of phosphoric acid groups is 2. The number of hydrogen-bond donors (Lipinski definition) is 3. The van der Waals surface area contributed by atoms with Crippen LogP contribution in [0.25, 0.3) is 0 Å². The highest BCUT2D eigenvalue weighted by Crippen LogP contribution is 2.45. The summed E-state index contributed by atoms with van der Waals surface area (Å²) in [6.45, 7) is 7.37. The second-order valence-electron chi connectivity index (χ2n) is 32.1. The number of carbonyl (C=O) groups excluding carboxylic acids is 4. The highest BCUT2D eigenvalue weighted by atomic mass is 31.2. The van der Waals surface area contributed by atoms with Crippen molar-refractivity contribution in [2.45, 2.75) is 496 Å². The normalized spacial score (nSPS) is 13.7. The third kappa shape index (κ3) is 81.9. The van der Waals surface area contributed by atoms with Gasteiger partial charge < -0.3 is 33.8 Å². The number of aliphatic hydroxyl groups excluding tert-OH is 1. The van der Waals surface area contributed by atoms with Gasteiger partial charge in [-0.3, -0.25) is 37.3 Å². The Labute approximate surface area is 658 Å². The Balaban J connectivity index is 5.24. The van der Waals surface area contributed by atoms with E-state index in [0.29, 0.717) is 25.7 Å². The summed E-state index contributed by atoms with van der Waals surface area (Å²) in [5, 5.41) is 10.7. The van der Waals surface area contributed by atoms with E-state index in [1.54, 1.807) is 0 Å². The highest BCUT2D eigenvalue weighted by Gasteiger charge is 2.30. The first-order chi connectivity index (χ1) is 52.0. The zero-order chi connectivity index (χ0) is 78.3. The summed E-state index contributed by atoms with van der Waals surface area (Å²) in [5.74, 6) is -1.34. The van der Waals surface area contributed by atoms with Crippen LogP contribution >= 0.6 is 15.6 Å². The molecule has 2 unspecified atom stereocenters. The number of hydrogen-bond acceptors (Lipinski definition) is 15. The average Bonchev–Trinajstić information content (AvgIpc) is 0.905. The molecule has 636 valence electrons. The summed E-state index contributed by atoms with van der Waals surface area (Å²) in [6.07, 6.45) is 75.0. The van der Waals surface area contributed by atoms with Gasteiger partial charge in [0.05, 0.1) is 26.4 Å². The topological polar surface area (TPSA) is 237 Å². The lowest BCUT2D eigenvalue weighted by Crippen LogP contribution is -2.30. The minimum atomic E-state index is -4.97. The van der Waals surface area contributed by atoms with Crippen molar-refractivity contribution < 1.29 is 80.2 Å². The predicted molar refractivity (Wildman–Crippen MR) is 442 cm³/mol. The van der Waals surface area contributed by atoms with Gasteiger partial charge in [0.15, 0.2) is 12.2 Å². The Bertz CT molecular complexity index is 2030. The van der Waals surface area contributed by atoms with Crippen molar-refractivity contribution in [3.8, 4) is 0 Å². The maximum Gasteiger partial charge on any atom is 0.472 e. The summed E-state index contributed by atoms with van der Waals surface area (Å²) in [5.41, 5.74) is 0. The standard InChI is InChI=1S/C88H172O17P2/c1-6-9-12-15-18-21-24-27-30-32-34-35-36-37-39-41-44-47-54-59-64-69-74-88(93)104-83(77-98-85(90)71-66-61-56-51-45-43-40-38-33-31-28-25-22-19-16-13-10-7-2)79-102-106(94,95)100-75-82(89)76-101-107(96,97)103-80-84(78-99-86(91)72-67-62-57-52-49-48-50-55-60-65-70-81(4)5)105-87(92)73-68-63-58-53-46-42-29-26-23-20-17-14-11-8-3/h81-84,89H,6-80H2,1-5H3,(H,94,95)(H,96,97)/t82-,83-,84-/m1/s1. The molecule has 0 saturated carbocycles. The molecule has 107 heavy (non-hydrogen) atoms. The molecule has 0 aliphatic rings. The molecule has 3 N–H and O–H groups in total. The van der Waals surface area contributed by atoms with Crippen molar-refractivity contribution in [1.82, 2.24) is 0 Å². The van der Waals surface area contributed by atoms with Gasteiger partial charge in [-0.05, 0) is 31.6 Å². The van der Waals surface area contributed by atoms with Crippen LogP contribution in [-0.4, -0.2) is 96.7 Å². The van der Waals surface area contributed by atoms with Gasteiger partial charge in [-0.1, -0.05) is 426 Å². The lowest BCUT2D eigenvalue weighted by atomic mass is 10.0. The van der Waals surface area contributed by atoms with Gasteiger partial charge in [0, 0.05) is 25.7 Å². The zero-order valence-electron chi connectivity index (χ0n) is 70.3. The second-order valence-corrected chi connectivity index (χ2v) is 35.0. The summed E-state index contributed by atoms with van der Waals surface area (Å²) in [6, 6.07) is 0. The lowest BCUT2D eigenvalue weighted by Gasteiger charge is -2.21. The number of rotatable bonds is 88. The molecule has 0 radical (unpaired) electrons. The van der Waals surface area contributed by atoms with E-state index in [-0.39, 0.29) is 25.7 Å². The number of unbranched alkanes of at least 4 members (excludes halogenated alkanes) is 60. The van der Waals surface area contributed by atoms with E-state index < -0.39 is 97.5 Å². The first kappa shape index (κ1) is 105. The SMILES string of the molecule is CCCCCCCCCCCCCCCCCCCCCCCCC(=O)O[C@H](COC(=O)CCCCCCCCCCCCCCCCCCCC)COP(=O)(O)OC[C@@H](O)COP(=O)(O)OC[C@@H](COC(=O)CCCCCCCCCCCCC(C)C)OC(=O)CCCCCCCCCCCCCCCC. The average molecular weight is 1560 g/mol. The van der Waals surface area contributed by atoms with Crippen LogP contribution in [0.3, 0.4) is 0 Å². The third-order valence-electron chi connectivity index (χ3n) is 20.8. The Morgan fingerprint density at radius 3 is 0.636 bits per heavy atom. The molecule has 0 fully saturated rings. The van der Waals surface area contributed by atoms with Crippen LogP contribution in [0.5, 0.6) is 0 Å². The zero-order valence-corrected chi connectivity index (χ0v) is 72.1. The third-order valence-corrected chi connectivity index (χ3v) is 22.7. The first-order valence-electron chi connectivity index (χ1n) is 45.6. The van der Waals surface area contributed by atoms with Gasteiger partial charge in [-0.2, -0.15) is 0 Å². The molecule has 19 heteroatoms. The second kappa shape index (κ2) is 80.7. The molecule has 0 amide bonds. The summed E-state index contributed by atoms with van der Waals surface area (Å²) >= 11 is 0. The Kier molecular flexibility index (Phi) is 79.2. The molecule has 0 bridgehead atoms. The molecule has 5 atom stereocenters. The van der Waals surface area contributed by atoms with E-state index in [1.165, 1.54) is 302 Å². The van der Waals surface area contributed by atoms with Gasteiger partial charge in [-0.25, -0.2) is 9.13 Å². The number of ether oxygens (including phenoxy) is 4. The number of carbonyl (C=O) groups is 4. The Morgan fingerprint density at radius 1 is 0.252 bits per heavy atom. The molecule has 0 aliphatic carbocycles. The van der Waals surface area contributed by atoms with Crippen LogP contribution in [-0.2, 0) is 65.4 Å². The molecular formula is C88H172O17P2. The van der Waals surface area contributed by atoms with E-state index in [4.69, 9.17) is 37.0 Å². The number of aliphatic hydroxyl groups is 1. The monoisotopic (exact) mass is 1560 g/mol. The van der Waals surface area contributed by atoms with E-state index in [2.05, 4.69) is 34.6 Å². The van der Waals surface area contributed by atoms with Crippen LogP contribution < -0.4 is 0 Å². The van der Waals surface area contributed by atoms with Gasteiger partial charge in [-0.15, -0.1) is 0 Å². The molecule has 0 heterocycles. The maximum absolute atomic E-state index is 13.2. The maximum atomic E-state index is 13.2. The van der Waals surface area contributed by atoms with Crippen molar-refractivity contribution >= 4 is 39.5 Å². The first-order valence-corrected chi connectivity index (χ1v) is 48.6.